The van der Waals surface area contributed by atoms with E-state index in [-0.39, 0.29) is 24.1 Å². The van der Waals surface area contributed by atoms with Gasteiger partial charge in [-0.1, -0.05) is 6.92 Å². The maximum absolute atomic E-state index is 13.5. The smallest absolute Gasteiger partial charge is 0.255 e. The number of carbonyl (C=O) groups excluding carboxylic acids is 3. The SMILES string of the molecule is CCc1cc(Nc2ncc(Br)c(Nc3ccc4nccnc4c3P(C)(C)=O)n2)c(OC)cc1N1CCC(N2CCN(CC3CN(c4ccc5c(c4)CN(C4CCC(=O)NC4=O)C5=O)C3)CC2)CC1. The van der Waals surface area contributed by atoms with Crippen LogP contribution < -0.4 is 35.8 Å². The van der Waals surface area contributed by atoms with E-state index >= 15 is 0 Å². The van der Waals surface area contributed by atoms with Gasteiger partial charge in [0.15, 0.2) is 0 Å². The van der Waals surface area contributed by atoms with E-state index < -0.39 is 13.2 Å². The van der Waals surface area contributed by atoms with Crippen LogP contribution in [0.15, 0.2) is 65.5 Å². The van der Waals surface area contributed by atoms with E-state index in [2.05, 4.69) is 91.6 Å². The van der Waals surface area contributed by atoms with Crippen molar-refractivity contribution >= 4 is 91.6 Å². The van der Waals surface area contributed by atoms with E-state index in [0.717, 1.165) is 95.1 Å². The number of halogens is 1. The minimum atomic E-state index is -2.77. The maximum Gasteiger partial charge on any atom is 0.255 e. The number of hydrogen-bond acceptors (Lipinski definition) is 15. The van der Waals surface area contributed by atoms with Gasteiger partial charge in [0, 0.05) is 125 Å². The molecule has 0 aliphatic carbocycles. The Morgan fingerprint density at radius 3 is 2.40 bits per heavy atom. The van der Waals surface area contributed by atoms with Gasteiger partial charge in [0.05, 0.1) is 33.8 Å². The van der Waals surface area contributed by atoms with Crippen molar-refractivity contribution in [3.8, 4) is 5.75 Å². The number of benzene rings is 3. The quantitative estimate of drug-likeness (QED) is 0.0927. The standard InChI is InChI=1S/C49H58BrN12O5P/c1-5-31-23-39(55-49-53-25-36(50)46(57-49)54-38-9-8-37-44(52-15-14-51-37)45(38)68(3,4)66)42(67-2)24-41(31)60-16-12-33(13-17-60)59-20-18-58(19-21-59)26-30-27-61(28-30)34-6-7-35-32(22-34)29-62(48(35)65)40-10-11-43(63)56-47(40)64/h6-9,14-15,22-25,30,33,40H,5,10-13,16-21,26-29H2,1-4H3,(H,56,63,64)(H2,53,54,55,57). The van der Waals surface area contributed by atoms with Crippen molar-refractivity contribution in [1.29, 1.82) is 0 Å². The number of aryl methyl sites for hydroxylation is 1. The first-order valence-electron chi connectivity index (χ1n) is 23.6. The Balaban J connectivity index is 0.711. The summed E-state index contributed by atoms with van der Waals surface area (Å²) in [7, 11) is -1.08. The van der Waals surface area contributed by atoms with Crippen LogP contribution in [-0.4, -0.2) is 144 Å². The van der Waals surface area contributed by atoms with Crippen molar-refractivity contribution in [1.82, 2.24) is 40.0 Å². The van der Waals surface area contributed by atoms with Gasteiger partial charge in [0.25, 0.3) is 5.91 Å². The van der Waals surface area contributed by atoms with Crippen molar-refractivity contribution in [3.63, 3.8) is 0 Å². The number of imide groups is 1. The third-order valence-electron chi connectivity index (χ3n) is 14.3. The van der Waals surface area contributed by atoms with Crippen LogP contribution in [0.25, 0.3) is 11.0 Å². The Kier molecular flexibility index (Phi) is 12.9. The van der Waals surface area contributed by atoms with Crippen LogP contribution in [0, 0.1) is 5.92 Å². The summed E-state index contributed by atoms with van der Waals surface area (Å²) in [6.07, 6.45) is 8.63. The highest BCUT2D eigenvalue weighted by Crippen LogP contribution is 2.42. The van der Waals surface area contributed by atoms with Crippen LogP contribution in [0.3, 0.4) is 0 Å². The molecule has 5 aliphatic rings. The highest BCUT2D eigenvalue weighted by atomic mass is 79.9. The molecule has 68 heavy (non-hydrogen) atoms. The van der Waals surface area contributed by atoms with E-state index in [1.165, 1.54) is 11.3 Å². The number of anilines is 6. The van der Waals surface area contributed by atoms with Crippen molar-refractivity contribution in [2.24, 2.45) is 5.92 Å². The molecule has 19 heteroatoms. The van der Waals surface area contributed by atoms with E-state index in [9.17, 15) is 18.9 Å². The van der Waals surface area contributed by atoms with E-state index in [0.29, 0.717) is 74.5 Å². The van der Waals surface area contributed by atoms with Crippen LogP contribution in [0.4, 0.5) is 34.5 Å². The van der Waals surface area contributed by atoms with Gasteiger partial charge in [-0.25, -0.2) is 4.98 Å². The van der Waals surface area contributed by atoms with Crippen molar-refractivity contribution in [2.75, 3.05) is 99.8 Å². The molecule has 2 aromatic heterocycles. The van der Waals surface area contributed by atoms with Gasteiger partial charge >= 0.3 is 0 Å². The molecule has 7 heterocycles. The zero-order valence-electron chi connectivity index (χ0n) is 39.0. The summed E-state index contributed by atoms with van der Waals surface area (Å²) in [4.78, 5) is 67.5. The highest BCUT2D eigenvalue weighted by Gasteiger charge is 2.40. The van der Waals surface area contributed by atoms with Crippen molar-refractivity contribution in [3.05, 3.63) is 82.2 Å². The number of piperazine rings is 1. The average Bonchev–Trinajstić information content (AvgIpc) is 3.65. The molecule has 4 fully saturated rings. The molecular formula is C49H58BrN12O5P. The first-order valence-corrected chi connectivity index (χ1v) is 27.0. The number of carbonyl (C=O) groups is 3. The first-order chi connectivity index (χ1) is 32.8. The molecule has 0 bridgehead atoms. The summed E-state index contributed by atoms with van der Waals surface area (Å²) in [5.41, 5.74) is 7.85. The molecule has 0 radical (unpaired) electrons. The molecule has 1 atom stereocenters. The summed E-state index contributed by atoms with van der Waals surface area (Å²) >= 11 is 3.61. The molecule has 5 aliphatic heterocycles. The number of amides is 3. The lowest BCUT2D eigenvalue weighted by Crippen LogP contribution is -2.57. The molecule has 0 saturated carbocycles. The van der Waals surface area contributed by atoms with Crippen LogP contribution in [0.1, 0.15) is 54.1 Å². The van der Waals surface area contributed by atoms with Gasteiger partial charge in [-0.15, -0.1) is 0 Å². The van der Waals surface area contributed by atoms with Crippen LogP contribution in [0.2, 0.25) is 0 Å². The molecule has 5 aromatic rings. The lowest BCUT2D eigenvalue weighted by Gasteiger charge is -2.47. The number of nitrogens with one attached hydrogen (secondary N) is 3. The number of nitrogens with zero attached hydrogens (tertiary/aromatic N) is 9. The number of hydrogen-bond donors (Lipinski definition) is 3. The minimum Gasteiger partial charge on any atom is -0.494 e. The van der Waals surface area contributed by atoms with Crippen LogP contribution >= 0.6 is 23.1 Å². The van der Waals surface area contributed by atoms with Crippen molar-refractivity contribution < 1.29 is 23.7 Å². The second kappa shape index (κ2) is 19.0. The molecule has 4 saturated heterocycles. The Labute approximate surface area is 404 Å². The summed E-state index contributed by atoms with van der Waals surface area (Å²) in [6, 6.07) is 14.0. The number of ether oxygens (including phenoxy) is 1. The Bertz CT molecular complexity index is 2820. The molecule has 3 N–H and O–H groups in total. The largest absolute Gasteiger partial charge is 0.494 e. The summed E-state index contributed by atoms with van der Waals surface area (Å²) in [5, 5.41) is 9.81. The van der Waals surface area contributed by atoms with Crippen LogP contribution in [-0.2, 0) is 27.1 Å². The monoisotopic (exact) mass is 1000 g/mol. The van der Waals surface area contributed by atoms with Gasteiger partial charge in [-0.3, -0.25) is 34.6 Å². The summed E-state index contributed by atoms with van der Waals surface area (Å²) in [6.45, 7) is 15.4. The third-order valence-corrected chi connectivity index (χ3v) is 16.4. The maximum atomic E-state index is 13.5. The molecular weight excluding hydrogens is 947 g/mol. The van der Waals surface area contributed by atoms with Crippen LogP contribution in [0.5, 0.6) is 5.75 Å². The third kappa shape index (κ3) is 9.27. The van der Waals surface area contributed by atoms with Gasteiger partial charge in [-0.05, 0) is 102 Å². The fraction of sp³-hybridized carbons (Fsp3) is 0.449. The molecule has 10 rings (SSSR count). The zero-order chi connectivity index (χ0) is 47.3. The normalized spacial score (nSPS) is 19.9. The Hall–Kier alpha value is -5.68. The molecule has 1 unspecified atom stereocenters. The van der Waals surface area contributed by atoms with Gasteiger partial charge < -0.3 is 39.5 Å². The topological polar surface area (TPSA) is 181 Å². The predicted molar refractivity (Wildman–Crippen MR) is 269 cm³/mol. The fourth-order valence-electron chi connectivity index (χ4n) is 10.7. The van der Waals surface area contributed by atoms with E-state index in [4.69, 9.17) is 9.72 Å². The Morgan fingerprint density at radius 2 is 1.66 bits per heavy atom. The van der Waals surface area contributed by atoms with Crippen molar-refractivity contribution in [2.45, 2.75) is 57.7 Å². The van der Waals surface area contributed by atoms with Gasteiger partial charge in [0.1, 0.15) is 30.3 Å². The lowest BCUT2D eigenvalue weighted by molar-refractivity contribution is -0.136. The second-order valence-corrected chi connectivity index (χ2v) is 23.0. The molecule has 17 nitrogen and oxygen atoms in total. The zero-order valence-corrected chi connectivity index (χ0v) is 41.5. The molecule has 0 spiro atoms. The minimum absolute atomic E-state index is 0.130. The number of fused-ring (bicyclic) bond motifs is 2. The number of aromatic nitrogens is 4. The molecule has 356 valence electrons. The Morgan fingerprint density at radius 1 is 0.882 bits per heavy atom. The highest BCUT2D eigenvalue weighted by molar-refractivity contribution is 9.10. The van der Waals surface area contributed by atoms with Gasteiger partial charge in [-0.2, -0.15) is 4.98 Å². The lowest BCUT2D eigenvalue weighted by atomic mass is 9.96. The van der Waals surface area contributed by atoms with E-state index in [1.807, 2.05) is 24.3 Å². The predicted octanol–water partition coefficient (Wildman–Crippen LogP) is 5.97. The summed E-state index contributed by atoms with van der Waals surface area (Å²) < 4.78 is 20.2. The molecule has 3 amide bonds. The number of rotatable bonds is 13. The van der Waals surface area contributed by atoms with Gasteiger partial charge in [0.2, 0.25) is 17.8 Å². The summed E-state index contributed by atoms with van der Waals surface area (Å²) in [5.74, 6) is 1.43. The number of methoxy groups -OCH3 is 1. The number of piperidine rings is 2. The second-order valence-electron chi connectivity index (χ2n) is 19.0. The van der Waals surface area contributed by atoms with E-state index in [1.54, 1.807) is 43.9 Å². The fourth-order valence-corrected chi connectivity index (χ4v) is 12.4. The first kappa shape index (κ1) is 46.1. The average molecular weight is 1010 g/mol. The molecule has 3 aromatic carbocycles.